The largest absolute Gasteiger partial charge is 0.383 e. The van der Waals surface area contributed by atoms with Crippen LogP contribution in [0.1, 0.15) is 46.0 Å². The van der Waals surface area contributed by atoms with Crippen molar-refractivity contribution in [2.24, 2.45) is 5.92 Å². The van der Waals surface area contributed by atoms with Crippen LogP contribution in [0.25, 0.3) is 0 Å². The number of nitrogens with one attached hydrogen (secondary N) is 2. The van der Waals surface area contributed by atoms with E-state index in [0.717, 1.165) is 0 Å². The Bertz CT molecular complexity index is 246. The molecule has 3 atom stereocenters. The fourth-order valence-corrected chi connectivity index (χ4v) is 2.57. The second-order valence-electron chi connectivity index (χ2n) is 5.39. The number of rotatable bonds is 6. The van der Waals surface area contributed by atoms with Gasteiger partial charge in [0.1, 0.15) is 0 Å². The molecule has 1 rings (SSSR count). The summed E-state index contributed by atoms with van der Waals surface area (Å²) in [6.45, 7) is 5.39. The van der Waals surface area contributed by atoms with Gasteiger partial charge in [0.05, 0.1) is 12.6 Å². The Hall–Kier alpha value is -0.610. The highest BCUT2D eigenvalue weighted by Crippen LogP contribution is 2.23. The highest BCUT2D eigenvalue weighted by molar-refractivity contribution is 5.81. The van der Waals surface area contributed by atoms with Crippen LogP contribution in [0.3, 0.4) is 0 Å². The summed E-state index contributed by atoms with van der Waals surface area (Å²) in [4.78, 5) is 11.9. The van der Waals surface area contributed by atoms with Crippen molar-refractivity contribution in [3.05, 3.63) is 0 Å². The Morgan fingerprint density at radius 2 is 2.06 bits per heavy atom. The minimum Gasteiger partial charge on any atom is -0.383 e. The molecule has 106 valence electrons. The van der Waals surface area contributed by atoms with E-state index in [0.29, 0.717) is 25.1 Å². The van der Waals surface area contributed by atoms with E-state index < -0.39 is 0 Å². The molecule has 0 spiro atoms. The van der Waals surface area contributed by atoms with Crippen LogP contribution in [0, 0.1) is 5.92 Å². The van der Waals surface area contributed by atoms with Crippen molar-refractivity contribution in [1.29, 1.82) is 0 Å². The Balaban J connectivity index is 2.32. The van der Waals surface area contributed by atoms with Gasteiger partial charge in [0.25, 0.3) is 0 Å². The lowest BCUT2D eigenvalue weighted by Crippen LogP contribution is -2.48. The number of carbonyl (C=O) groups excluding carboxylic acids is 1. The number of methoxy groups -OCH3 is 1. The zero-order valence-electron chi connectivity index (χ0n) is 12.0. The van der Waals surface area contributed by atoms with Gasteiger partial charge in [0, 0.05) is 19.7 Å². The third-order valence-electron chi connectivity index (χ3n) is 3.82. The first-order chi connectivity index (χ1) is 8.65. The van der Waals surface area contributed by atoms with Crippen LogP contribution in [0.2, 0.25) is 0 Å². The van der Waals surface area contributed by atoms with E-state index in [2.05, 4.69) is 17.6 Å². The topological polar surface area (TPSA) is 50.4 Å². The van der Waals surface area contributed by atoms with Crippen LogP contribution in [0.5, 0.6) is 0 Å². The number of ether oxygens (including phenoxy) is 1. The van der Waals surface area contributed by atoms with Crippen LogP contribution < -0.4 is 10.6 Å². The highest BCUT2D eigenvalue weighted by Gasteiger charge is 2.23. The fraction of sp³-hybridized carbons (Fsp3) is 0.929. The summed E-state index contributed by atoms with van der Waals surface area (Å²) in [6, 6.07) is 0.364. The van der Waals surface area contributed by atoms with Crippen LogP contribution in [-0.4, -0.2) is 38.3 Å². The van der Waals surface area contributed by atoms with Crippen LogP contribution in [0.4, 0.5) is 0 Å². The van der Waals surface area contributed by atoms with E-state index in [1.807, 2.05) is 6.92 Å². The highest BCUT2D eigenvalue weighted by atomic mass is 16.5. The maximum Gasteiger partial charge on any atom is 0.236 e. The second-order valence-corrected chi connectivity index (χ2v) is 5.39. The summed E-state index contributed by atoms with van der Waals surface area (Å²) in [6.07, 6.45) is 6.40. The summed E-state index contributed by atoms with van der Waals surface area (Å²) < 4.78 is 4.92. The number of carbonyl (C=O) groups is 1. The molecule has 0 aromatic carbocycles. The van der Waals surface area contributed by atoms with Crippen molar-refractivity contribution < 1.29 is 9.53 Å². The maximum absolute atomic E-state index is 11.9. The van der Waals surface area contributed by atoms with Gasteiger partial charge in [-0.25, -0.2) is 0 Å². The Kier molecular flexibility index (Phi) is 7.28. The van der Waals surface area contributed by atoms with Crippen molar-refractivity contribution in [1.82, 2.24) is 10.6 Å². The van der Waals surface area contributed by atoms with Gasteiger partial charge in [-0.05, 0) is 25.7 Å². The normalized spacial score (nSPS) is 26.4. The van der Waals surface area contributed by atoms with E-state index in [1.54, 1.807) is 7.11 Å². The molecule has 0 radical (unpaired) electrons. The summed E-state index contributed by atoms with van der Waals surface area (Å²) in [5, 5.41) is 6.36. The molecule has 1 amide bonds. The molecule has 0 heterocycles. The van der Waals surface area contributed by atoms with Crippen molar-refractivity contribution in [2.75, 3.05) is 20.3 Å². The van der Waals surface area contributed by atoms with E-state index in [9.17, 15) is 4.79 Å². The van der Waals surface area contributed by atoms with Gasteiger partial charge >= 0.3 is 0 Å². The summed E-state index contributed by atoms with van der Waals surface area (Å²) in [5.74, 6) is 0.741. The molecule has 1 aliphatic carbocycles. The minimum atomic E-state index is -0.118. The molecule has 0 aromatic heterocycles. The predicted molar refractivity (Wildman–Crippen MR) is 73.5 cm³/mol. The van der Waals surface area contributed by atoms with Crippen molar-refractivity contribution in [2.45, 2.75) is 58.0 Å². The quantitative estimate of drug-likeness (QED) is 0.562. The number of hydrogen-bond acceptors (Lipinski definition) is 3. The van der Waals surface area contributed by atoms with E-state index in [1.165, 1.54) is 32.1 Å². The molecule has 0 bridgehead atoms. The Morgan fingerprint density at radius 3 is 2.78 bits per heavy atom. The first kappa shape index (κ1) is 15.4. The van der Waals surface area contributed by atoms with E-state index >= 15 is 0 Å². The Labute approximate surface area is 111 Å². The molecule has 0 aliphatic heterocycles. The lowest BCUT2D eigenvalue weighted by atomic mass is 9.96. The molecule has 4 nitrogen and oxygen atoms in total. The first-order valence-electron chi connectivity index (χ1n) is 7.18. The smallest absolute Gasteiger partial charge is 0.236 e. The lowest BCUT2D eigenvalue weighted by Gasteiger charge is -2.26. The van der Waals surface area contributed by atoms with Gasteiger partial charge in [-0.15, -0.1) is 0 Å². The van der Waals surface area contributed by atoms with Crippen LogP contribution in [-0.2, 0) is 9.53 Å². The first-order valence-corrected chi connectivity index (χ1v) is 7.18. The molecular weight excluding hydrogens is 228 g/mol. The monoisotopic (exact) mass is 256 g/mol. The van der Waals surface area contributed by atoms with Gasteiger partial charge < -0.3 is 15.4 Å². The molecular formula is C14H28N2O2. The fourth-order valence-electron chi connectivity index (χ4n) is 2.57. The summed E-state index contributed by atoms with van der Waals surface area (Å²) >= 11 is 0. The zero-order chi connectivity index (χ0) is 13.4. The molecule has 1 aliphatic rings. The number of hydrogen-bond donors (Lipinski definition) is 2. The third kappa shape index (κ3) is 5.36. The van der Waals surface area contributed by atoms with Gasteiger partial charge in [-0.2, -0.15) is 0 Å². The van der Waals surface area contributed by atoms with E-state index in [4.69, 9.17) is 4.74 Å². The molecule has 2 N–H and O–H groups in total. The minimum absolute atomic E-state index is 0.0727. The van der Waals surface area contributed by atoms with Gasteiger partial charge in [0.2, 0.25) is 5.91 Å². The van der Waals surface area contributed by atoms with Crippen LogP contribution >= 0.6 is 0 Å². The molecule has 0 saturated heterocycles. The van der Waals surface area contributed by atoms with Crippen molar-refractivity contribution >= 4 is 5.91 Å². The summed E-state index contributed by atoms with van der Waals surface area (Å²) in [5.41, 5.74) is 0. The molecule has 4 heteroatoms. The van der Waals surface area contributed by atoms with Crippen LogP contribution in [0.15, 0.2) is 0 Å². The predicted octanol–water partition coefficient (Wildman–Crippen LogP) is 1.70. The lowest BCUT2D eigenvalue weighted by molar-refractivity contribution is -0.123. The van der Waals surface area contributed by atoms with Crippen molar-refractivity contribution in [3.8, 4) is 0 Å². The third-order valence-corrected chi connectivity index (χ3v) is 3.82. The average Bonchev–Trinajstić information content (AvgIpc) is 2.55. The van der Waals surface area contributed by atoms with Gasteiger partial charge in [-0.3, -0.25) is 4.79 Å². The maximum atomic E-state index is 11.9. The zero-order valence-corrected chi connectivity index (χ0v) is 12.0. The van der Waals surface area contributed by atoms with Gasteiger partial charge in [0.15, 0.2) is 0 Å². The van der Waals surface area contributed by atoms with E-state index in [-0.39, 0.29) is 11.9 Å². The van der Waals surface area contributed by atoms with Gasteiger partial charge in [-0.1, -0.05) is 26.2 Å². The molecule has 18 heavy (non-hydrogen) atoms. The second kappa shape index (κ2) is 8.48. The Morgan fingerprint density at radius 1 is 1.33 bits per heavy atom. The number of amides is 1. The molecule has 3 unspecified atom stereocenters. The SMILES string of the molecule is COCCNC(=O)C(C)NC1CCCCCC1C. The average molecular weight is 256 g/mol. The summed E-state index contributed by atoms with van der Waals surface area (Å²) in [7, 11) is 1.64. The van der Waals surface area contributed by atoms with Crippen molar-refractivity contribution in [3.63, 3.8) is 0 Å². The molecule has 1 fully saturated rings. The molecule has 1 saturated carbocycles. The standard InChI is InChI=1S/C14H28N2O2/c1-11-7-5-4-6-8-13(11)16-12(2)14(17)15-9-10-18-3/h11-13,16H,4-10H2,1-3H3,(H,15,17). The molecule has 0 aromatic rings.